The van der Waals surface area contributed by atoms with Crippen LogP contribution in [-0.2, 0) is 6.54 Å². The first-order chi connectivity index (χ1) is 8.69. The smallest absolute Gasteiger partial charge is 0.247 e. The van der Waals surface area contributed by atoms with Gasteiger partial charge < -0.3 is 9.73 Å². The third-order valence-electron chi connectivity index (χ3n) is 2.64. The highest BCUT2D eigenvalue weighted by Gasteiger charge is 2.08. The van der Waals surface area contributed by atoms with Crippen LogP contribution in [0, 0.1) is 13.8 Å². The Labute approximate surface area is 107 Å². The van der Waals surface area contributed by atoms with Crippen molar-refractivity contribution in [2.75, 3.05) is 6.54 Å². The van der Waals surface area contributed by atoms with E-state index in [2.05, 4.69) is 54.5 Å². The number of nitrogens with zero attached hydrogens (tertiary/aromatic N) is 2. The lowest BCUT2D eigenvalue weighted by Crippen LogP contribution is -2.13. The maximum Gasteiger partial charge on any atom is 0.247 e. The van der Waals surface area contributed by atoms with Crippen LogP contribution in [0.15, 0.2) is 22.6 Å². The number of hydrogen-bond acceptors (Lipinski definition) is 4. The molecule has 1 aromatic heterocycles. The lowest BCUT2D eigenvalue weighted by Gasteiger charge is -2.00. The molecule has 0 spiro atoms. The van der Waals surface area contributed by atoms with E-state index in [0.29, 0.717) is 18.3 Å². The molecule has 0 fully saturated rings. The van der Waals surface area contributed by atoms with Crippen molar-refractivity contribution in [3.8, 4) is 11.5 Å². The van der Waals surface area contributed by atoms with E-state index in [1.165, 1.54) is 11.1 Å². The summed E-state index contributed by atoms with van der Waals surface area (Å²) in [7, 11) is 0. The van der Waals surface area contributed by atoms with E-state index in [1.807, 2.05) is 0 Å². The molecule has 0 unspecified atom stereocenters. The zero-order chi connectivity index (χ0) is 13.0. The van der Waals surface area contributed by atoms with Crippen LogP contribution in [0.4, 0.5) is 0 Å². The minimum atomic E-state index is 0.593. The molecule has 1 aromatic carbocycles. The molecule has 0 aliphatic rings. The van der Waals surface area contributed by atoms with E-state index >= 15 is 0 Å². The van der Waals surface area contributed by atoms with Gasteiger partial charge in [-0.2, -0.15) is 0 Å². The van der Waals surface area contributed by atoms with Gasteiger partial charge in [0.2, 0.25) is 11.8 Å². The Morgan fingerprint density at radius 1 is 1.11 bits per heavy atom. The van der Waals surface area contributed by atoms with Gasteiger partial charge in [0.15, 0.2) is 0 Å². The summed E-state index contributed by atoms with van der Waals surface area (Å²) in [6.07, 6.45) is 1.10. The summed E-state index contributed by atoms with van der Waals surface area (Å²) in [5.41, 5.74) is 3.39. The number of rotatable bonds is 5. The Kier molecular flexibility index (Phi) is 4.10. The zero-order valence-electron chi connectivity index (χ0n) is 11.2. The van der Waals surface area contributed by atoms with Crippen molar-refractivity contribution >= 4 is 0 Å². The van der Waals surface area contributed by atoms with Gasteiger partial charge in [-0.05, 0) is 38.9 Å². The van der Waals surface area contributed by atoms with Gasteiger partial charge >= 0.3 is 0 Å². The van der Waals surface area contributed by atoms with Gasteiger partial charge in [0, 0.05) is 5.56 Å². The highest BCUT2D eigenvalue weighted by atomic mass is 16.4. The van der Waals surface area contributed by atoms with Gasteiger partial charge in [0.1, 0.15) is 0 Å². The predicted octanol–water partition coefficient (Wildman–Crippen LogP) is 2.85. The summed E-state index contributed by atoms with van der Waals surface area (Å²) >= 11 is 0. The third kappa shape index (κ3) is 3.17. The molecule has 2 rings (SSSR count). The van der Waals surface area contributed by atoms with E-state index < -0.39 is 0 Å². The minimum absolute atomic E-state index is 0.593. The molecular weight excluding hydrogens is 226 g/mol. The van der Waals surface area contributed by atoms with Gasteiger partial charge in [0.25, 0.3) is 0 Å². The second-order valence-electron chi connectivity index (χ2n) is 4.55. The SMILES string of the molecule is CCCNCc1nnc(-c2cc(C)cc(C)c2)o1. The molecule has 1 heterocycles. The van der Waals surface area contributed by atoms with Gasteiger partial charge in [0.05, 0.1) is 6.54 Å². The summed E-state index contributed by atoms with van der Waals surface area (Å²) in [6.45, 7) is 7.85. The molecule has 0 saturated carbocycles. The number of aromatic nitrogens is 2. The van der Waals surface area contributed by atoms with E-state index in [9.17, 15) is 0 Å². The van der Waals surface area contributed by atoms with Gasteiger partial charge in [-0.15, -0.1) is 10.2 Å². The zero-order valence-corrected chi connectivity index (χ0v) is 11.2. The Morgan fingerprint density at radius 3 is 2.50 bits per heavy atom. The van der Waals surface area contributed by atoms with Crippen LogP contribution in [-0.4, -0.2) is 16.7 Å². The summed E-state index contributed by atoms with van der Waals surface area (Å²) in [6, 6.07) is 6.25. The second kappa shape index (κ2) is 5.78. The molecule has 0 bridgehead atoms. The Balaban J connectivity index is 2.13. The largest absolute Gasteiger partial charge is 0.419 e. The number of benzene rings is 1. The van der Waals surface area contributed by atoms with Crippen molar-refractivity contribution in [2.24, 2.45) is 0 Å². The number of hydrogen-bond donors (Lipinski definition) is 1. The molecule has 18 heavy (non-hydrogen) atoms. The maximum absolute atomic E-state index is 5.64. The quantitative estimate of drug-likeness (QED) is 0.823. The van der Waals surface area contributed by atoms with Crippen molar-refractivity contribution in [1.29, 1.82) is 0 Å². The Bertz CT molecular complexity index is 499. The molecule has 0 amide bonds. The second-order valence-corrected chi connectivity index (χ2v) is 4.55. The molecule has 4 nitrogen and oxygen atoms in total. The topological polar surface area (TPSA) is 51.0 Å². The summed E-state index contributed by atoms with van der Waals surface area (Å²) < 4.78 is 5.64. The van der Waals surface area contributed by atoms with Crippen molar-refractivity contribution < 1.29 is 4.42 Å². The molecule has 0 aliphatic heterocycles. The fraction of sp³-hybridized carbons (Fsp3) is 0.429. The lowest BCUT2D eigenvalue weighted by molar-refractivity contribution is 0.477. The van der Waals surface area contributed by atoms with Crippen molar-refractivity contribution in [1.82, 2.24) is 15.5 Å². The molecular formula is C14H19N3O. The molecule has 0 aliphatic carbocycles. The van der Waals surface area contributed by atoms with Gasteiger partial charge in [-0.3, -0.25) is 0 Å². The average Bonchev–Trinajstić information content (AvgIpc) is 2.77. The van der Waals surface area contributed by atoms with E-state index in [4.69, 9.17) is 4.42 Å². The van der Waals surface area contributed by atoms with Crippen LogP contribution in [0.1, 0.15) is 30.4 Å². The van der Waals surface area contributed by atoms with Crippen molar-refractivity contribution in [3.63, 3.8) is 0 Å². The third-order valence-corrected chi connectivity index (χ3v) is 2.64. The standard InChI is InChI=1S/C14H19N3O/c1-4-5-15-9-13-16-17-14(18-13)12-7-10(2)6-11(3)8-12/h6-8,15H,4-5,9H2,1-3H3. The van der Waals surface area contributed by atoms with Crippen LogP contribution >= 0.6 is 0 Å². The van der Waals surface area contributed by atoms with Crippen molar-refractivity contribution in [2.45, 2.75) is 33.7 Å². The Hall–Kier alpha value is -1.68. The summed E-state index contributed by atoms with van der Waals surface area (Å²) in [5, 5.41) is 11.4. The number of aryl methyl sites for hydroxylation is 2. The van der Waals surface area contributed by atoms with E-state index in [0.717, 1.165) is 18.5 Å². The maximum atomic E-state index is 5.64. The average molecular weight is 245 g/mol. The summed E-state index contributed by atoms with van der Waals surface area (Å²) in [5.74, 6) is 1.23. The monoisotopic (exact) mass is 245 g/mol. The van der Waals surface area contributed by atoms with Crippen LogP contribution < -0.4 is 5.32 Å². The summed E-state index contributed by atoms with van der Waals surface area (Å²) in [4.78, 5) is 0. The first-order valence-electron chi connectivity index (χ1n) is 6.31. The molecule has 1 N–H and O–H groups in total. The minimum Gasteiger partial charge on any atom is -0.419 e. The highest BCUT2D eigenvalue weighted by molar-refractivity contribution is 5.55. The first-order valence-corrected chi connectivity index (χ1v) is 6.31. The van der Waals surface area contributed by atoms with Gasteiger partial charge in [-0.25, -0.2) is 0 Å². The van der Waals surface area contributed by atoms with E-state index in [1.54, 1.807) is 0 Å². The van der Waals surface area contributed by atoms with Crippen molar-refractivity contribution in [3.05, 3.63) is 35.2 Å². The van der Waals surface area contributed by atoms with Crippen LogP contribution in [0.5, 0.6) is 0 Å². The van der Waals surface area contributed by atoms with Crippen LogP contribution in [0.25, 0.3) is 11.5 Å². The normalized spacial score (nSPS) is 10.8. The lowest BCUT2D eigenvalue weighted by atomic mass is 10.1. The van der Waals surface area contributed by atoms with Crippen LogP contribution in [0.2, 0.25) is 0 Å². The van der Waals surface area contributed by atoms with Gasteiger partial charge in [-0.1, -0.05) is 24.1 Å². The molecule has 0 saturated heterocycles. The fourth-order valence-corrected chi connectivity index (χ4v) is 1.91. The molecule has 0 atom stereocenters. The molecule has 0 radical (unpaired) electrons. The molecule has 2 aromatic rings. The Morgan fingerprint density at radius 2 is 1.83 bits per heavy atom. The number of nitrogens with one attached hydrogen (secondary N) is 1. The fourth-order valence-electron chi connectivity index (χ4n) is 1.91. The highest BCUT2D eigenvalue weighted by Crippen LogP contribution is 2.20. The first kappa shape index (κ1) is 12.8. The predicted molar refractivity (Wildman–Crippen MR) is 71.2 cm³/mol. The van der Waals surface area contributed by atoms with E-state index in [-0.39, 0.29) is 0 Å². The molecule has 96 valence electrons. The molecule has 4 heteroatoms. The van der Waals surface area contributed by atoms with Crippen LogP contribution in [0.3, 0.4) is 0 Å².